The van der Waals surface area contributed by atoms with Crippen LogP contribution in [-0.2, 0) is 6.54 Å². The van der Waals surface area contributed by atoms with E-state index in [0.717, 1.165) is 36.3 Å². The van der Waals surface area contributed by atoms with Crippen molar-refractivity contribution in [2.75, 3.05) is 13.2 Å². The summed E-state index contributed by atoms with van der Waals surface area (Å²) in [6, 6.07) is 16.3. The average molecular weight is 313 g/mol. The van der Waals surface area contributed by atoms with Gasteiger partial charge in [-0.15, -0.1) is 0 Å². The minimum Gasteiger partial charge on any atom is -0.491 e. The molecular weight excluding hydrogens is 294 g/mol. The lowest BCUT2D eigenvalue weighted by atomic mass is 10.2. The van der Waals surface area contributed by atoms with Gasteiger partial charge in [0.05, 0.1) is 12.1 Å². The Morgan fingerprint density at radius 2 is 1.86 bits per heavy atom. The lowest BCUT2D eigenvalue weighted by molar-refractivity contribution is 0.311. The van der Waals surface area contributed by atoms with Crippen molar-refractivity contribution in [2.24, 2.45) is 0 Å². The molecule has 0 aliphatic rings. The minimum atomic E-state index is 0.621. The smallest absolute Gasteiger partial charge is 0.175 e. The van der Waals surface area contributed by atoms with Crippen molar-refractivity contribution in [2.45, 2.75) is 13.0 Å². The van der Waals surface area contributed by atoms with Crippen LogP contribution >= 0.6 is 12.2 Å². The van der Waals surface area contributed by atoms with Crippen LogP contribution in [-0.4, -0.2) is 23.1 Å². The van der Waals surface area contributed by atoms with Gasteiger partial charge in [0.25, 0.3) is 0 Å². The summed E-state index contributed by atoms with van der Waals surface area (Å²) in [5.74, 6) is 0.841. The number of benzene rings is 2. The molecule has 0 saturated carbocycles. The molecule has 1 aromatic heterocycles. The molecule has 5 heteroatoms. The lowest BCUT2D eigenvalue weighted by Gasteiger charge is -2.08. The van der Waals surface area contributed by atoms with Crippen LogP contribution < -0.4 is 10.1 Å². The maximum Gasteiger partial charge on any atom is 0.175 e. The number of imidazole rings is 1. The molecule has 2 aromatic carbocycles. The molecule has 0 unspecified atom stereocenters. The topological polar surface area (TPSA) is 52.8 Å². The van der Waals surface area contributed by atoms with Crippen molar-refractivity contribution >= 4 is 23.3 Å². The summed E-state index contributed by atoms with van der Waals surface area (Å²) >= 11 is 5.11. The number of ether oxygens (including phenoxy) is 1. The molecule has 22 heavy (non-hydrogen) atoms. The van der Waals surface area contributed by atoms with Crippen molar-refractivity contribution in [3.05, 3.63) is 58.9 Å². The first-order valence-corrected chi connectivity index (χ1v) is 7.82. The Kier molecular flexibility index (Phi) is 4.88. The van der Waals surface area contributed by atoms with Gasteiger partial charge in [0.1, 0.15) is 11.3 Å². The van der Waals surface area contributed by atoms with E-state index in [1.807, 2.05) is 24.3 Å². The van der Waals surface area contributed by atoms with Gasteiger partial charge in [-0.25, -0.2) is 0 Å². The van der Waals surface area contributed by atoms with E-state index in [1.165, 1.54) is 5.56 Å². The number of para-hydroxylation sites is 1. The molecule has 0 amide bonds. The second-order valence-electron chi connectivity index (χ2n) is 5.12. The third-order valence-electron chi connectivity index (χ3n) is 3.44. The first-order valence-electron chi connectivity index (χ1n) is 7.41. The van der Waals surface area contributed by atoms with Crippen molar-refractivity contribution in [1.29, 1.82) is 0 Å². The highest BCUT2D eigenvalue weighted by Gasteiger charge is 2.03. The number of fused-ring (bicyclic) bond motifs is 1. The number of nitrogens with one attached hydrogen (secondary N) is 3. The van der Waals surface area contributed by atoms with Crippen LogP contribution in [0.5, 0.6) is 5.75 Å². The Hall–Kier alpha value is -2.11. The minimum absolute atomic E-state index is 0.621. The molecule has 3 aromatic rings. The Balaban J connectivity index is 1.44. The zero-order valence-electron chi connectivity index (χ0n) is 12.3. The molecule has 4 nitrogen and oxygen atoms in total. The Labute approximate surface area is 134 Å². The summed E-state index contributed by atoms with van der Waals surface area (Å²) < 4.78 is 6.47. The second kappa shape index (κ2) is 7.24. The predicted octanol–water partition coefficient (Wildman–Crippen LogP) is 3.78. The highest BCUT2D eigenvalue weighted by atomic mass is 32.1. The molecule has 0 atom stereocenters. The summed E-state index contributed by atoms with van der Waals surface area (Å²) in [4.78, 5) is 6.21. The standard InChI is InChI=1S/C17H19N3OS/c22-17-19-14-8-4-9-15(16(14)20-17)21-11-5-10-18-12-13-6-2-1-3-7-13/h1-4,6-9,18H,5,10-12H2,(H2,19,20,22). The molecule has 0 fully saturated rings. The fourth-order valence-corrected chi connectivity index (χ4v) is 2.57. The first kappa shape index (κ1) is 14.8. The first-order chi connectivity index (χ1) is 10.8. The van der Waals surface area contributed by atoms with Gasteiger partial charge in [-0.1, -0.05) is 36.4 Å². The number of rotatable bonds is 7. The van der Waals surface area contributed by atoms with Gasteiger partial charge >= 0.3 is 0 Å². The summed E-state index contributed by atoms with van der Waals surface area (Å²) in [6.45, 7) is 2.49. The molecule has 0 saturated heterocycles. The zero-order chi connectivity index (χ0) is 15.2. The molecule has 0 radical (unpaired) electrons. The van der Waals surface area contributed by atoms with E-state index in [1.54, 1.807) is 0 Å². The van der Waals surface area contributed by atoms with E-state index in [2.05, 4.69) is 39.6 Å². The number of aromatic nitrogens is 2. The molecule has 0 spiro atoms. The van der Waals surface area contributed by atoms with E-state index < -0.39 is 0 Å². The zero-order valence-corrected chi connectivity index (χ0v) is 13.1. The average Bonchev–Trinajstić information content (AvgIpc) is 2.92. The number of hydrogen-bond acceptors (Lipinski definition) is 3. The Bertz CT molecular complexity index is 779. The molecule has 0 aliphatic carbocycles. The third kappa shape index (κ3) is 3.75. The summed E-state index contributed by atoms with van der Waals surface area (Å²) in [6.07, 6.45) is 0.953. The number of hydrogen-bond donors (Lipinski definition) is 3. The Morgan fingerprint density at radius 3 is 2.73 bits per heavy atom. The molecular formula is C17H19N3OS. The molecule has 0 bridgehead atoms. The maximum absolute atomic E-state index is 5.85. The lowest BCUT2D eigenvalue weighted by Crippen LogP contribution is -2.17. The van der Waals surface area contributed by atoms with Crippen LogP contribution in [0, 0.1) is 4.77 Å². The highest BCUT2D eigenvalue weighted by molar-refractivity contribution is 7.71. The van der Waals surface area contributed by atoms with E-state index in [-0.39, 0.29) is 0 Å². The molecule has 3 N–H and O–H groups in total. The van der Waals surface area contributed by atoms with Crippen LogP contribution in [0.2, 0.25) is 0 Å². The summed E-state index contributed by atoms with van der Waals surface area (Å²) in [5, 5.41) is 3.42. The second-order valence-corrected chi connectivity index (χ2v) is 5.53. The van der Waals surface area contributed by atoms with Crippen molar-refractivity contribution in [1.82, 2.24) is 15.3 Å². The van der Waals surface area contributed by atoms with E-state index in [0.29, 0.717) is 11.4 Å². The fraction of sp³-hybridized carbons (Fsp3) is 0.235. The van der Waals surface area contributed by atoms with Crippen molar-refractivity contribution in [3.8, 4) is 5.75 Å². The van der Waals surface area contributed by atoms with Gasteiger partial charge in [0.2, 0.25) is 0 Å². The fourth-order valence-electron chi connectivity index (χ4n) is 2.36. The SMILES string of the molecule is S=c1[nH]c2cccc(OCCCNCc3ccccc3)c2[nH]1. The third-order valence-corrected chi connectivity index (χ3v) is 3.64. The van der Waals surface area contributed by atoms with Crippen LogP contribution in [0.4, 0.5) is 0 Å². The molecule has 114 valence electrons. The van der Waals surface area contributed by atoms with Gasteiger partial charge in [-0.05, 0) is 42.9 Å². The number of aromatic amines is 2. The quantitative estimate of drug-likeness (QED) is 0.459. The normalized spacial score (nSPS) is 10.9. The van der Waals surface area contributed by atoms with Crippen LogP contribution in [0.25, 0.3) is 11.0 Å². The monoisotopic (exact) mass is 313 g/mol. The van der Waals surface area contributed by atoms with Gasteiger partial charge < -0.3 is 20.0 Å². The number of H-pyrrole nitrogens is 2. The van der Waals surface area contributed by atoms with E-state index in [9.17, 15) is 0 Å². The summed E-state index contributed by atoms with van der Waals surface area (Å²) in [5.41, 5.74) is 3.21. The molecule has 0 aliphatic heterocycles. The Morgan fingerprint density at radius 1 is 1.00 bits per heavy atom. The maximum atomic E-state index is 5.85. The van der Waals surface area contributed by atoms with Gasteiger partial charge in [-0.3, -0.25) is 0 Å². The van der Waals surface area contributed by atoms with Crippen molar-refractivity contribution in [3.63, 3.8) is 0 Å². The molecule has 1 heterocycles. The van der Waals surface area contributed by atoms with Gasteiger partial charge in [0.15, 0.2) is 4.77 Å². The predicted molar refractivity (Wildman–Crippen MR) is 91.7 cm³/mol. The van der Waals surface area contributed by atoms with Gasteiger partial charge in [-0.2, -0.15) is 0 Å². The van der Waals surface area contributed by atoms with Gasteiger partial charge in [0, 0.05) is 6.54 Å². The van der Waals surface area contributed by atoms with E-state index in [4.69, 9.17) is 17.0 Å². The summed E-state index contributed by atoms with van der Waals surface area (Å²) in [7, 11) is 0. The largest absolute Gasteiger partial charge is 0.491 e. The molecule has 3 rings (SSSR count). The van der Waals surface area contributed by atoms with Crippen LogP contribution in [0.15, 0.2) is 48.5 Å². The van der Waals surface area contributed by atoms with Crippen molar-refractivity contribution < 1.29 is 4.74 Å². The van der Waals surface area contributed by atoms with Crippen LogP contribution in [0.3, 0.4) is 0 Å². The van der Waals surface area contributed by atoms with Crippen LogP contribution in [0.1, 0.15) is 12.0 Å². The highest BCUT2D eigenvalue weighted by Crippen LogP contribution is 2.22. The van der Waals surface area contributed by atoms with E-state index >= 15 is 0 Å².